The van der Waals surface area contributed by atoms with Gasteiger partial charge in [-0.25, -0.2) is 0 Å². The molecule has 1 N–H and O–H groups in total. The van der Waals surface area contributed by atoms with E-state index in [1.807, 2.05) is 25.1 Å². The van der Waals surface area contributed by atoms with Gasteiger partial charge < -0.3 is 14.8 Å². The van der Waals surface area contributed by atoms with E-state index in [1.165, 1.54) is 0 Å². The lowest BCUT2D eigenvalue weighted by Crippen LogP contribution is -2.26. The van der Waals surface area contributed by atoms with Crippen LogP contribution in [0, 0.1) is 0 Å². The Morgan fingerprint density at radius 2 is 1.69 bits per heavy atom. The lowest BCUT2D eigenvalue weighted by atomic mass is 10.1. The van der Waals surface area contributed by atoms with Crippen molar-refractivity contribution in [3.8, 4) is 11.5 Å². The minimum Gasteiger partial charge on any atom is -0.490 e. The zero-order valence-corrected chi connectivity index (χ0v) is 16.3. The van der Waals surface area contributed by atoms with Gasteiger partial charge in [0, 0.05) is 0 Å². The highest BCUT2D eigenvalue weighted by Gasteiger charge is 2.16. The fourth-order valence-electron chi connectivity index (χ4n) is 2.45. The molecule has 5 heteroatoms. The fraction of sp³-hybridized carbons (Fsp3) is 0.381. The second kappa shape index (κ2) is 10.1. The van der Waals surface area contributed by atoms with Crippen LogP contribution >= 0.6 is 11.6 Å². The molecule has 0 aliphatic carbocycles. The van der Waals surface area contributed by atoms with Gasteiger partial charge in [-0.2, -0.15) is 0 Å². The molecule has 0 fully saturated rings. The Morgan fingerprint density at radius 1 is 1.04 bits per heavy atom. The molecule has 0 aliphatic heterocycles. The van der Waals surface area contributed by atoms with Crippen molar-refractivity contribution in [2.24, 2.45) is 0 Å². The van der Waals surface area contributed by atoms with Crippen LogP contribution in [0.5, 0.6) is 11.5 Å². The first kappa shape index (κ1) is 20.1. The molecule has 0 saturated heterocycles. The van der Waals surface area contributed by atoms with Crippen LogP contribution in [0.25, 0.3) is 0 Å². The van der Waals surface area contributed by atoms with Crippen molar-refractivity contribution >= 4 is 17.5 Å². The summed E-state index contributed by atoms with van der Waals surface area (Å²) in [6.45, 7) is 7.31. The average molecular weight is 376 g/mol. The Balaban J connectivity index is 2.15. The molecule has 0 aromatic heterocycles. The maximum Gasteiger partial charge on any atom is 0.253 e. The summed E-state index contributed by atoms with van der Waals surface area (Å²) in [4.78, 5) is 12.5. The van der Waals surface area contributed by atoms with Gasteiger partial charge in [-0.3, -0.25) is 4.79 Å². The number of hydrogen-bond acceptors (Lipinski definition) is 3. The molecule has 1 atom stereocenters. The summed E-state index contributed by atoms with van der Waals surface area (Å²) < 4.78 is 11.6. The molecule has 0 spiro atoms. The summed E-state index contributed by atoms with van der Waals surface area (Å²) in [5.41, 5.74) is 1.41. The van der Waals surface area contributed by atoms with Crippen molar-refractivity contribution in [2.75, 3.05) is 13.2 Å². The van der Waals surface area contributed by atoms with Crippen molar-refractivity contribution in [1.29, 1.82) is 0 Å². The van der Waals surface area contributed by atoms with Gasteiger partial charge in [0.25, 0.3) is 5.91 Å². The van der Waals surface area contributed by atoms with Gasteiger partial charge in [0.15, 0.2) is 11.5 Å². The Labute approximate surface area is 160 Å². The molecule has 140 valence electrons. The van der Waals surface area contributed by atoms with Crippen LogP contribution in [-0.2, 0) is 0 Å². The Bertz CT molecular complexity index is 733. The minimum atomic E-state index is -0.203. The molecule has 2 aromatic rings. The van der Waals surface area contributed by atoms with Crippen LogP contribution in [0.1, 0.15) is 55.6 Å². The van der Waals surface area contributed by atoms with Crippen LogP contribution in [0.3, 0.4) is 0 Å². The number of ether oxygens (including phenoxy) is 2. The molecule has 0 saturated carbocycles. The fourth-order valence-corrected chi connectivity index (χ4v) is 2.67. The number of hydrogen-bond donors (Lipinski definition) is 1. The number of benzene rings is 2. The highest BCUT2D eigenvalue weighted by Crippen LogP contribution is 2.31. The smallest absolute Gasteiger partial charge is 0.253 e. The quantitative estimate of drug-likeness (QED) is 0.637. The molecule has 4 nitrogen and oxygen atoms in total. The summed E-state index contributed by atoms with van der Waals surface area (Å²) in [5, 5.41) is 3.42. The first-order valence-electron chi connectivity index (χ1n) is 9.01. The van der Waals surface area contributed by atoms with Crippen LogP contribution in [-0.4, -0.2) is 19.1 Å². The Morgan fingerprint density at radius 3 is 2.35 bits per heavy atom. The summed E-state index contributed by atoms with van der Waals surface area (Å²) >= 11 is 6.10. The summed E-state index contributed by atoms with van der Waals surface area (Å²) in [5.74, 6) is 1.23. The average Bonchev–Trinajstić information content (AvgIpc) is 2.65. The standard InChI is InChI=1S/C21H26ClNO3/c1-4-12-25-19-11-10-16(14-20(19)26-13-5-2)15(3)23-21(24)17-8-6-7-9-18(17)22/h6-11,14-15H,4-5,12-13H2,1-3H3,(H,23,24). The highest BCUT2D eigenvalue weighted by atomic mass is 35.5. The molecular weight excluding hydrogens is 350 g/mol. The predicted octanol–water partition coefficient (Wildman–Crippen LogP) is 5.41. The number of carbonyl (C=O) groups is 1. The zero-order chi connectivity index (χ0) is 18.9. The maximum absolute atomic E-state index is 12.5. The molecule has 0 heterocycles. The molecule has 0 aliphatic rings. The van der Waals surface area contributed by atoms with Gasteiger partial charge in [-0.15, -0.1) is 0 Å². The predicted molar refractivity (Wildman–Crippen MR) is 105 cm³/mol. The van der Waals surface area contributed by atoms with E-state index in [-0.39, 0.29) is 11.9 Å². The van der Waals surface area contributed by atoms with Crippen LogP contribution < -0.4 is 14.8 Å². The largest absolute Gasteiger partial charge is 0.490 e. The van der Waals surface area contributed by atoms with Crippen molar-refractivity contribution in [3.05, 3.63) is 58.6 Å². The number of amides is 1. The van der Waals surface area contributed by atoms with Gasteiger partial charge in [0.1, 0.15) is 0 Å². The third kappa shape index (κ3) is 5.40. The first-order valence-corrected chi connectivity index (χ1v) is 9.39. The molecule has 2 aromatic carbocycles. The van der Waals surface area contributed by atoms with E-state index < -0.39 is 0 Å². The van der Waals surface area contributed by atoms with Crippen LogP contribution in [0.4, 0.5) is 0 Å². The molecule has 1 unspecified atom stereocenters. The highest BCUT2D eigenvalue weighted by molar-refractivity contribution is 6.33. The third-order valence-corrected chi connectivity index (χ3v) is 4.19. The van der Waals surface area contributed by atoms with Gasteiger partial charge in [-0.1, -0.05) is 43.6 Å². The lowest BCUT2D eigenvalue weighted by Gasteiger charge is -2.18. The van der Waals surface area contributed by atoms with Crippen LogP contribution in [0.15, 0.2) is 42.5 Å². The van der Waals surface area contributed by atoms with Crippen molar-refractivity contribution in [1.82, 2.24) is 5.32 Å². The number of carbonyl (C=O) groups excluding carboxylic acids is 1. The second-order valence-electron chi connectivity index (χ2n) is 6.08. The van der Waals surface area contributed by atoms with Crippen molar-refractivity contribution < 1.29 is 14.3 Å². The topological polar surface area (TPSA) is 47.6 Å². The van der Waals surface area contributed by atoms with E-state index in [1.54, 1.807) is 24.3 Å². The van der Waals surface area contributed by atoms with E-state index in [2.05, 4.69) is 19.2 Å². The molecule has 26 heavy (non-hydrogen) atoms. The van der Waals surface area contributed by atoms with Crippen LogP contribution in [0.2, 0.25) is 5.02 Å². The maximum atomic E-state index is 12.5. The van der Waals surface area contributed by atoms with Crippen molar-refractivity contribution in [2.45, 2.75) is 39.7 Å². The molecular formula is C21H26ClNO3. The first-order chi connectivity index (χ1) is 12.6. The SMILES string of the molecule is CCCOc1ccc(C(C)NC(=O)c2ccccc2Cl)cc1OCCC. The lowest BCUT2D eigenvalue weighted by molar-refractivity contribution is 0.0940. The van der Waals surface area contributed by atoms with Crippen molar-refractivity contribution in [3.63, 3.8) is 0 Å². The minimum absolute atomic E-state index is 0.192. The van der Waals surface area contributed by atoms with Gasteiger partial charge in [0.05, 0.1) is 29.8 Å². The molecule has 2 rings (SSSR count). The van der Waals surface area contributed by atoms with Gasteiger partial charge in [-0.05, 0) is 49.6 Å². The van der Waals surface area contributed by atoms with E-state index in [4.69, 9.17) is 21.1 Å². The van der Waals surface area contributed by atoms with Gasteiger partial charge >= 0.3 is 0 Å². The third-order valence-electron chi connectivity index (χ3n) is 3.86. The second-order valence-corrected chi connectivity index (χ2v) is 6.49. The van der Waals surface area contributed by atoms with E-state index in [9.17, 15) is 4.79 Å². The number of nitrogens with one attached hydrogen (secondary N) is 1. The molecule has 1 amide bonds. The molecule has 0 radical (unpaired) electrons. The van der Waals surface area contributed by atoms with E-state index in [0.717, 1.165) is 24.2 Å². The normalized spacial score (nSPS) is 11.7. The number of halogens is 1. The Hall–Kier alpha value is -2.20. The zero-order valence-electron chi connectivity index (χ0n) is 15.5. The molecule has 0 bridgehead atoms. The summed E-state index contributed by atoms with van der Waals surface area (Å²) in [7, 11) is 0. The number of rotatable bonds is 9. The van der Waals surface area contributed by atoms with E-state index in [0.29, 0.717) is 29.5 Å². The monoisotopic (exact) mass is 375 g/mol. The summed E-state index contributed by atoms with van der Waals surface area (Å²) in [6.07, 6.45) is 1.84. The van der Waals surface area contributed by atoms with E-state index >= 15 is 0 Å². The Kier molecular flexibility index (Phi) is 7.79. The van der Waals surface area contributed by atoms with Gasteiger partial charge in [0.2, 0.25) is 0 Å². The summed E-state index contributed by atoms with van der Waals surface area (Å²) in [6, 6.07) is 12.6.